The lowest BCUT2D eigenvalue weighted by Crippen LogP contribution is -2.21. The number of nitrogens with zero attached hydrogens (tertiary/aromatic N) is 1. The number of benzene rings is 3. The van der Waals surface area contributed by atoms with Crippen molar-refractivity contribution < 1.29 is 4.42 Å². The first-order valence-electron chi connectivity index (χ1n) is 9.31. The molecule has 4 aromatic rings. The van der Waals surface area contributed by atoms with Gasteiger partial charge in [-0.2, -0.15) is 5.26 Å². The number of rotatable bonds is 3. The van der Waals surface area contributed by atoms with Crippen LogP contribution in [0.2, 0.25) is 0 Å². The Morgan fingerprint density at radius 2 is 1.43 bits per heavy atom. The standard InChI is InChI=1S/C25H22NOP/c1-18-14-15-23-22(16-18)19(2)25(27-23)24(17-26)28(3,20-10-6-4-7-11-20)21-12-8-5-9-13-21/h4-16H,1-3H3. The predicted molar refractivity (Wildman–Crippen MR) is 120 cm³/mol. The Morgan fingerprint density at radius 3 is 1.96 bits per heavy atom. The largest absolute Gasteiger partial charge is 0.455 e. The summed E-state index contributed by atoms with van der Waals surface area (Å²) in [6.07, 6.45) is 0. The van der Waals surface area contributed by atoms with Gasteiger partial charge in [0.1, 0.15) is 17.4 Å². The highest BCUT2D eigenvalue weighted by atomic mass is 31.2. The summed E-state index contributed by atoms with van der Waals surface area (Å²) >= 11 is 0. The smallest absolute Gasteiger partial charge is 0.149 e. The number of nitriles is 1. The molecule has 0 bridgehead atoms. The van der Waals surface area contributed by atoms with Gasteiger partial charge >= 0.3 is 0 Å². The van der Waals surface area contributed by atoms with Gasteiger partial charge in [0.15, 0.2) is 0 Å². The highest BCUT2D eigenvalue weighted by molar-refractivity contribution is 7.89. The van der Waals surface area contributed by atoms with Crippen molar-refractivity contribution in [1.82, 2.24) is 0 Å². The molecule has 0 amide bonds. The molecule has 3 aromatic carbocycles. The monoisotopic (exact) mass is 383 g/mol. The van der Waals surface area contributed by atoms with Crippen LogP contribution in [0.15, 0.2) is 83.3 Å². The first-order chi connectivity index (χ1) is 13.6. The molecule has 3 heteroatoms. The molecular formula is C25H22NOP. The number of hydrogen-bond donors (Lipinski definition) is 0. The lowest BCUT2D eigenvalue weighted by atomic mass is 10.1. The number of furan rings is 1. The van der Waals surface area contributed by atoms with Crippen LogP contribution >= 0.6 is 6.89 Å². The van der Waals surface area contributed by atoms with E-state index in [1.165, 1.54) is 16.2 Å². The van der Waals surface area contributed by atoms with E-state index in [4.69, 9.17) is 4.42 Å². The summed E-state index contributed by atoms with van der Waals surface area (Å²) in [7, 11) is 0. The van der Waals surface area contributed by atoms with E-state index in [1.807, 2.05) is 48.5 Å². The third-order valence-corrected chi connectivity index (χ3v) is 9.26. The first kappa shape index (κ1) is 18.4. The van der Waals surface area contributed by atoms with E-state index in [9.17, 15) is 5.26 Å². The van der Waals surface area contributed by atoms with Gasteiger partial charge in [-0.05, 0) is 50.1 Å². The van der Waals surface area contributed by atoms with Crippen LogP contribution in [0.4, 0.5) is 0 Å². The fourth-order valence-corrected chi connectivity index (χ4v) is 6.94. The van der Waals surface area contributed by atoms with E-state index in [1.54, 1.807) is 0 Å². The molecule has 0 aliphatic heterocycles. The Kier molecular flexibility index (Phi) is 4.71. The highest BCUT2D eigenvalue weighted by Crippen LogP contribution is 2.45. The molecule has 0 aliphatic rings. The molecule has 0 atom stereocenters. The van der Waals surface area contributed by atoms with Crippen molar-refractivity contribution in [3.8, 4) is 6.07 Å². The van der Waals surface area contributed by atoms with Crippen LogP contribution in [0, 0.1) is 25.2 Å². The Morgan fingerprint density at radius 1 is 0.857 bits per heavy atom. The highest BCUT2D eigenvalue weighted by Gasteiger charge is 2.27. The van der Waals surface area contributed by atoms with Gasteiger partial charge < -0.3 is 4.42 Å². The number of hydrogen-bond acceptors (Lipinski definition) is 2. The van der Waals surface area contributed by atoms with E-state index in [-0.39, 0.29) is 0 Å². The molecule has 2 nitrogen and oxygen atoms in total. The van der Waals surface area contributed by atoms with Gasteiger partial charge in [-0.15, -0.1) is 0 Å². The average Bonchev–Trinajstić information content (AvgIpc) is 3.05. The molecule has 0 aliphatic carbocycles. The van der Waals surface area contributed by atoms with Crippen molar-refractivity contribution in [2.75, 3.05) is 6.66 Å². The summed E-state index contributed by atoms with van der Waals surface area (Å²) < 4.78 is 6.26. The maximum absolute atomic E-state index is 10.3. The Hall–Kier alpha value is -3.01. The van der Waals surface area contributed by atoms with Crippen molar-refractivity contribution >= 4 is 33.8 Å². The van der Waals surface area contributed by atoms with E-state index in [2.05, 4.69) is 56.9 Å². The first-order valence-corrected chi connectivity index (χ1v) is 11.5. The van der Waals surface area contributed by atoms with Crippen LogP contribution < -0.4 is 10.6 Å². The third kappa shape index (κ3) is 2.89. The summed E-state index contributed by atoms with van der Waals surface area (Å²) in [6.45, 7) is 4.21. The van der Waals surface area contributed by atoms with Crippen LogP contribution in [0.1, 0.15) is 16.9 Å². The van der Waals surface area contributed by atoms with Crippen LogP contribution in [0.3, 0.4) is 0 Å². The topological polar surface area (TPSA) is 36.9 Å². The fourth-order valence-electron chi connectivity index (χ4n) is 3.77. The zero-order valence-electron chi connectivity index (χ0n) is 16.3. The lowest BCUT2D eigenvalue weighted by molar-refractivity contribution is 0.604. The average molecular weight is 383 g/mol. The molecule has 0 unspecified atom stereocenters. The second-order valence-corrected chi connectivity index (χ2v) is 10.7. The zero-order chi connectivity index (χ0) is 19.7. The molecule has 0 radical (unpaired) electrons. The molecule has 0 saturated carbocycles. The molecule has 0 fully saturated rings. The maximum Gasteiger partial charge on any atom is 0.149 e. The lowest BCUT2D eigenvalue weighted by Gasteiger charge is -2.24. The number of fused-ring (bicyclic) bond motifs is 1. The fraction of sp³-hybridized carbons (Fsp3) is 0.120. The van der Waals surface area contributed by atoms with Gasteiger partial charge in [0.2, 0.25) is 0 Å². The number of aryl methyl sites for hydroxylation is 2. The van der Waals surface area contributed by atoms with E-state index < -0.39 is 6.89 Å². The van der Waals surface area contributed by atoms with Crippen LogP contribution in [-0.4, -0.2) is 12.0 Å². The molecule has 1 aromatic heterocycles. The zero-order valence-corrected chi connectivity index (χ0v) is 17.2. The van der Waals surface area contributed by atoms with Crippen molar-refractivity contribution in [2.45, 2.75) is 13.8 Å². The molecule has 0 spiro atoms. The minimum atomic E-state index is -2.14. The van der Waals surface area contributed by atoms with Gasteiger partial charge in [-0.25, -0.2) is 0 Å². The van der Waals surface area contributed by atoms with Crippen LogP contribution in [0.5, 0.6) is 0 Å². The summed E-state index contributed by atoms with van der Waals surface area (Å²) in [5.74, 6) is 0.714. The molecule has 138 valence electrons. The second kappa shape index (κ2) is 7.19. The summed E-state index contributed by atoms with van der Waals surface area (Å²) in [5.41, 5.74) is 3.05. The molecule has 1 heterocycles. The van der Waals surface area contributed by atoms with Gasteiger partial charge in [-0.3, -0.25) is 0 Å². The predicted octanol–water partition coefficient (Wildman–Crippen LogP) is 5.39. The summed E-state index contributed by atoms with van der Waals surface area (Å²) in [6, 6.07) is 29.4. The minimum absolute atomic E-state index is 0.714. The summed E-state index contributed by atoms with van der Waals surface area (Å²) in [4.78, 5) is 0. The summed E-state index contributed by atoms with van der Waals surface area (Å²) in [5, 5.41) is 14.5. The van der Waals surface area contributed by atoms with E-state index >= 15 is 0 Å². The minimum Gasteiger partial charge on any atom is -0.455 e. The van der Waals surface area contributed by atoms with E-state index in [0.717, 1.165) is 21.8 Å². The molecule has 0 N–H and O–H groups in total. The quantitative estimate of drug-likeness (QED) is 0.445. The van der Waals surface area contributed by atoms with Crippen molar-refractivity contribution in [2.24, 2.45) is 0 Å². The molecule has 28 heavy (non-hydrogen) atoms. The van der Waals surface area contributed by atoms with Crippen molar-refractivity contribution in [3.63, 3.8) is 0 Å². The van der Waals surface area contributed by atoms with Gasteiger partial charge in [0, 0.05) is 10.9 Å². The van der Waals surface area contributed by atoms with Crippen molar-refractivity contribution in [1.29, 1.82) is 5.26 Å². The van der Waals surface area contributed by atoms with Crippen LogP contribution in [-0.2, 0) is 0 Å². The van der Waals surface area contributed by atoms with Gasteiger partial charge in [0.25, 0.3) is 0 Å². The second-order valence-electron chi connectivity index (χ2n) is 7.19. The molecule has 4 rings (SSSR count). The van der Waals surface area contributed by atoms with E-state index in [0.29, 0.717) is 5.76 Å². The van der Waals surface area contributed by atoms with Crippen LogP contribution in [0.25, 0.3) is 11.0 Å². The van der Waals surface area contributed by atoms with Gasteiger partial charge in [0.05, 0.1) is 5.29 Å². The van der Waals surface area contributed by atoms with Gasteiger partial charge in [-0.1, -0.05) is 72.3 Å². The third-order valence-electron chi connectivity index (χ3n) is 5.41. The molecule has 0 saturated heterocycles. The Labute approximate surface area is 166 Å². The maximum atomic E-state index is 10.3. The normalized spacial score (nSPS) is 11.4. The Bertz CT molecular complexity index is 1200. The molecular weight excluding hydrogens is 361 g/mol. The van der Waals surface area contributed by atoms with Crippen molar-refractivity contribution in [3.05, 3.63) is 95.7 Å². The Balaban J connectivity index is 2.14. The SMILES string of the molecule is Cc1ccc2oc(C(C#N)=P(C)(c3ccccc3)c3ccccc3)c(C)c2c1.